The van der Waals surface area contributed by atoms with Gasteiger partial charge in [-0.25, -0.2) is 0 Å². The van der Waals surface area contributed by atoms with Crippen LogP contribution in [0.5, 0.6) is 0 Å². The summed E-state index contributed by atoms with van der Waals surface area (Å²) in [5, 5.41) is 5.06. The normalized spacial score (nSPS) is 9.08. The molecule has 2 nitrogen and oxygen atoms in total. The quantitative estimate of drug-likeness (QED) is 0.691. The third kappa shape index (κ3) is 1.68. The molecule has 1 rings (SSSR count). The Morgan fingerprint density at radius 2 is 2.17 bits per heavy atom. The van der Waals surface area contributed by atoms with E-state index >= 15 is 0 Å². The van der Waals surface area contributed by atoms with Crippen LogP contribution in [-0.4, -0.2) is 18.3 Å². The first-order valence-corrected chi connectivity index (χ1v) is 3.89. The summed E-state index contributed by atoms with van der Waals surface area (Å²) in [6.45, 7) is 0. The Hall–Kier alpha value is -1.22. The van der Waals surface area contributed by atoms with Crippen molar-refractivity contribution in [2.24, 2.45) is 0 Å². The van der Waals surface area contributed by atoms with Crippen LogP contribution in [0, 0.1) is 0 Å². The second kappa shape index (κ2) is 3.97. The van der Waals surface area contributed by atoms with Crippen LogP contribution < -0.4 is 5.32 Å². The molecule has 0 aromatic heterocycles. The van der Waals surface area contributed by atoms with Crippen LogP contribution in [0.1, 0.15) is 15.9 Å². The molecule has 0 atom stereocenters. The minimum absolute atomic E-state index is 0.136. The lowest BCUT2D eigenvalue weighted by atomic mass is 10.1. The molecule has 61 valence electrons. The van der Waals surface area contributed by atoms with Crippen LogP contribution in [0.2, 0.25) is 0 Å². The fourth-order valence-electron chi connectivity index (χ4n) is 0.905. The number of thiocarbonyl (C=S) groups is 1. The standard InChI is InChI=1S/C9H8NOS/c1-10-9(11)8-5-3-2-4-7(8)6-12/h2-5H,1H3,(H,10,11). The average molecular weight is 178 g/mol. The van der Waals surface area contributed by atoms with Crippen molar-refractivity contribution in [2.75, 3.05) is 7.05 Å². The van der Waals surface area contributed by atoms with Crippen molar-refractivity contribution < 1.29 is 4.79 Å². The van der Waals surface area contributed by atoms with Gasteiger partial charge in [0.15, 0.2) is 0 Å². The van der Waals surface area contributed by atoms with E-state index < -0.39 is 0 Å². The van der Waals surface area contributed by atoms with Gasteiger partial charge >= 0.3 is 0 Å². The molecule has 0 aliphatic carbocycles. The van der Waals surface area contributed by atoms with E-state index in [0.29, 0.717) is 11.1 Å². The number of amides is 1. The summed E-state index contributed by atoms with van der Waals surface area (Å²) in [6.07, 6.45) is 0. The number of carbonyl (C=O) groups excluding carboxylic acids is 1. The summed E-state index contributed by atoms with van der Waals surface area (Å²) in [6, 6.07) is 7.09. The van der Waals surface area contributed by atoms with Crippen molar-refractivity contribution >= 4 is 23.5 Å². The topological polar surface area (TPSA) is 29.1 Å². The van der Waals surface area contributed by atoms with E-state index in [1.807, 2.05) is 6.07 Å². The lowest BCUT2D eigenvalue weighted by Gasteiger charge is -2.01. The molecule has 0 saturated carbocycles. The minimum Gasteiger partial charge on any atom is -0.355 e. The molecular weight excluding hydrogens is 170 g/mol. The summed E-state index contributed by atoms with van der Waals surface area (Å²) < 4.78 is 0. The van der Waals surface area contributed by atoms with Crippen LogP contribution in [-0.2, 0) is 0 Å². The maximum Gasteiger partial charge on any atom is 0.251 e. The summed E-state index contributed by atoms with van der Waals surface area (Å²) in [4.78, 5) is 11.2. The summed E-state index contributed by atoms with van der Waals surface area (Å²) in [7, 11) is 1.59. The highest BCUT2D eigenvalue weighted by atomic mass is 32.1. The lowest BCUT2D eigenvalue weighted by Crippen LogP contribution is -2.19. The summed E-state index contributed by atoms with van der Waals surface area (Å²) in [5.74, 6) is -0.136. The van der Waals surface area contributed by atoms with E-state index in [9.17, 15) is 4.79 Å². The zero-order chi connectivity index (χ0) is 8.97. The lowest BCUT2D eigenvalue weighted by molar-refractivity contribution is 0.0963. The monoisotopic (exact) mass is 178 g/mol. The number of nitrogens with one attached hydrogen (secondary N) is 1. The van der Waals surface area contributed by atoms with Crippen LogP contribution in [0.25, 0.3) is 0 Å². The van der Waals surface area contributed by atoms with Crippen molar-refractivity contribution in [2.45, 2.75) is 0 Å². The zero-order valence-electron chi connectivity index (χ0n) is 6.63. The first kappa shape index (κ1) is 8.87. The van der Waals surface area contributed by atoms with Crippen molar-refractivity contribution in [3.8, 4) is 0 Å². The Bertz CT molecular complexity index is 309. The molecule has 0 saturated heterocycles. The predicted molar refractivity (Wildman–Crippen MR) is 51.5 cm³/mol. The van der Waals surface area contributed by atoms with Gasteiger partial charge in [-0.05, 0) is 6.07 Å². The molecule has 12 heavy (non-hydrogen) atoms. The van der Waals surface area contributed by atoms with E-state index in [0.717, 1.165) is 0 Å². The van der Waals surface area contributed by atoms with Gasteiger partial charge in [0.05, 0.1) is 5.37 Å². The Labute approximate surface area is 76.6 Å². The Balaban J connectivity index is 3.13. The maximum atomic E-state index is 11.2. The highest BCUT2D eigenvalue weighted by molar-refractivity contribution is 7.79. The highest BCUT2D eigenvalue weighted by Crippen LogP contribution is 2.05. The molecule has 0 fully saturated rings. The van der Waals surface area contributed by atoms with Gasteiger partial charge in [-0.3, -0.25) is 4.79 Å². The summed E-state index contributed by atoms with van der Waals surface area (Å²) >= 11 is 4.64. The number of hydrogen-bond acceptors (Lipinski definition) is 2. The first-order chi connectivity index (χ1) is 5.79. The van der Waals surface area contributed by atoms with Crippen molar-refractivity contribution in [1.82, 2.24) is 5.32 Å². The Kier molecular flexibility index (Phi) is 2.94. The third-order valence-electron chi connectivity index (χ3n) is 1.51. The van der Waals surface area contributed by atoms with E-state index in [1.165, 1.54) is 0 Å². The van der Waals surface area contributed by atoms with Crippen LogP contribution in [0.15, 0.2) is 24.3 Å². The molecule has 0 bridgehead atoms. The van der Waals surface area contributed by atoms with Gasteiger partial charge in [0, 0.05) is 18.2 Å². The van der Waals surface area contributed by atoms with Gasteiger partial charge in [0.2, 0.25) is 0 Å². The van der Waals surface area contributed by atoms with Crippen molar-refractivity contribution in [3.05, 3.63) is 35.4 Å². The van der Waals surface area contributed by atoms with Gasteiger partial charge in [-0.1, -0.05) is 30.4 Å². The number of hydrogen-bond donors (Lipinski definition) is 1. The van der Waals surface area contributed by atoms with E-state index in [4.69, 9.17) is 0 Å². The van der Waals surface area contributed by atoms with Gasteiger partial charge < -0.3 is 5.32 Å². The largest absolute Gasteiger partial charge is 0.355 e. The second-order valence-electron chi connectivity index (χ2n) is 2.23. The fraction of sp³-hybridized carbons (Fsp3) is 0.111. The van der Waals surface area contributed by atoms with Crippen molar-refractivity contribution in [3.63, 3.8) is 0 Å². The van der Waals surface area contributed by atoms with Gasteiger partial charge in [-0.15, -0.1) is 0 Å². The highest BCUT2D eigenvalue weighted by Gasteiger charge is 2.05. The SMILES string of the molecule is CNC(=O)c1ccccc1[C]=S. The van der Waals surface area contributed by atoms with Crippen molar-refractivity contribution in [1.29, 1.82) is 0 Å². The minimum atomic E-state index is -0.136. The van der Waals surface area contributed by atoms with Crippen LogP contribution in [0.3, 0.4) is 0 Å². The molecule has 1 amide bonds. The Morgan fingerprint density at radius 3 is 2.75 bits per heavy atom. The smallest absolute Gasteiger partial charge is 0.251 e. The molecule has 1 radical (unpaired) electrons. The zero-order valence-corrected chi connectivity index (χ0v) is 7.44. The van der Waals surface area contributed by atoms with Crippen LogP contribution in [0.4, 0.5) is 0 Å². The van der Waals surface area contributed by atoms with E-state index in [2.05, 4.69) is 22.9 Å². The van der Waals surface area contributed by atoms with Gasteiger partial charge in [0.1, 0.15) is 0 Å². The summed E-state index contributed by atoms with van der Waals surface area (Å²) in [5.41, 5.74) is 1.22. The fourth-order valence-corrected chi connectivity index (χ4v) is 1.08. The molecule has 0 aliphatic rings. The number of carbonyl (C=O) groups is 1. The molecular formula is C9H8NOS. The second-order valence-corrected chi connectivity index (χ2v) is 2.43. The molecule has 3 heteroatoms. The Morgan fingerprint density at radius 1 is 1.50 bits per heavy atom. The van der Waals surface area contributed by atoms with Crippen LogP contribution >= 0.6 is 12.2 Å². The molecule has 0 unspecified atom stereocenters. The van der Waals surface area contributed by atoms with Gasteiger partial charge in [-0.2, -0.15) is 0 Å². The molecule has 1 aromatic rings. The number of rotatable bonds is 2. The van der Waals surface area contributed by atoms with E-state index in [-0.39, 0.29) is 5.91 Å². The molecule has 0 heterocycles. The number of benzene rings is 1. The molecule has 0 aliphatic heterocycles. The van der Waals surface area contributed by atoms with Gasteiger partial charge in [0.25, 0.3) is 5.91 Å². The molecule has 0 spiro atoms. The predicted octanol–water partition coefficient (Wildman–Crippen LogP) is 1.27. The molecule has 1 aromatic carbocycles. The third-order valence-corrected chi connectivity index (χ3v) is 1.73. The first-order valence-electron chi connectivity index (χ1n) is 3.49. The van der Waals surface area contributed by atoms with E-state index in [1.54, 1.807) is 25.2 Å². The maximum absolute atomic E-state index is 11.2. The average Bonchev–Trinajstić information content (AvgIpc) is 2.16. The molecule has 1 N–H and O–H groups in total.